The topological polar surface area (TPSA) is 35.4 Å². The van der Waals surface area contributed by atoms with Gasteiger partial charge in [0.05, 0.1) is 33.1 Å². The molecule has 0 N–H and O–H groups in total. The summed E-state index contributed by atoms with van der Waals surface area (Å²) >= 11 is 0. The molecule has 168 valence electrons. The Morgan fingerprint density at radius 3 is 2.19 bits per heavy atom. The molecule has 0 atom stereocenters. The number of aryl methyl sites for hydroxylation is 1. The van der Waals surface area contributed by atoms with Gasteiger partial charge in [-0.2, -0.15) is 0 Å². The van der Waals surface area contributed by atoms with Crippen molar-refractivity contribution in [2.24, 2.45) is 7.05 Å². The van der Waals surface area contributed by atoms with E-state index in [9.17, 15) is 0 Å². The molecule has 0 aliphatic carbocycles. The van der Waals surface area contributed by atoms with Crippen LogP contribution in [0.5, 0.6) is 0 Å². The standard InChI is InChI=1S/C32H19N3O/c1-34-30-25(33-32(34)24-13-7-12-23-19-9-3-5-15-27(19)36-31(23)24)17-16-22-21-11-6-10-20-18-8-2-4-14-26(18)35(28(20)21)29(22)30/h2-17H,1H3. The molecule has 0 unspecified atom stereocenters. The fourth-order valence-corrected chi connectivity index (χ4v) is 6.36. The molecule has 4 aromatic heterocycles. The molecule has 0 amide bonds. The number of para-hydroxylation sites is 4. The molecule has 36 heavy (non-hydrogen) atoms. The maximum absolute atomic E-state index is 6.37. The molecule has 0 radical (unpaired) electrons. The van der Waals surface area contributed by atoms with Crippen LogP contribution >= 0.6 is 0 Å². The Morgan fingerprint density at radius 2 is 1.28 bits per heavy atom. The Kier molecular flexibility index (Phi) is 3.20. The average Bonchev–Trinajstić information content (AvgIpc) is 3.65. The molecular weight excluding hydrogens is 442 g/mol. The lowest BCUT2D eigenvalue weighted by Gasteiger charge is -2.05. The van der Waals surface area contributed by atoms with Crippen molar-refractivity contribution in [1.82, 2.24) is 14.0 Å². The van der Waals surface area contributed by atoms with Gasteiger partial charge in [0.15, 0.2) is 0 Å². The zero-order valence-corrected chi connectivity index (χ0v) is 19.5. The Balaban J connectivity index is 1.47. The van der Waals surface area contributed by atoms with Crippen molar-refractivity contribution in [1.29, 1.82) is 0 Å². The third kappa shape index (κ3) is 2.05. The highest BCUT2D eigenvalue weighted by molar-refractivity contribution is 6.26. The zero-order valence-electron chi connectivity index (χ0n) is 19.5. The Labute approximate surface area is 204 Å². The molecular formula is C32H19N3O. The minimum absolute atomic E-state index is 0.880. The molecule has 0 bridgehead atoms. The van der Waals surface area contributed by atoms with Crippen LogP contribution < -0.4 is 0 Å². The van der Waals surface area contributed by atoms with E-state index in [-0.39, 0.29) is 0 Å². The third-order valence-corrected chi connectivity index (χ3v) is 7.86. The largest absolute Gasteiger partial charge is 0.455 e. The van der Waals surface area contributed by atoms with E-state index in [0.717, 1.165) is 44.4 Å². The van der Waals surface area contributed by atoms with Gasteiger partial charge >= 0.3 is 0 Å². The summed E-state index contributed by atoms with van der Waals surface area (Å²) in [6.07, 6.45) is 0. The van der Waals surface area contributed by atoms with Crippen LogP contribution in [0.3, 0.4) is 0 Å². The molecule has 4 heterocycles. The van der Waals surface area contributed by atoms with E-state index in [4.69, 9.17) is 9.40 Å². The van der Waals surface area contributed by atoms with Gasteiger partial charge in [0.2, 0.25) is 0 Å². The highest BCUT2D eigenvalue weighted by Crippen LogP contribution is 2.42. The predicted molar refractivity (Wildman–Crippen MR) is 148 cm³/mol. The first-order chi connectivity index (χ1) is 17.8. The lowest BCUT2D eigenvalue weighted by atomic mass is 10.1. The summed E-state index contributed by atoms with van der Waals surface area (Å²) in [5.74, 6) is 0.909. The van der Waals surface area contributed by atoms with Gasteiger partial charge in [-0.15, -0.1) is 0 Å². The number of nitrogens with zero attached hydrogens (tertiary/aromatic N) is 3. The molecule has 0 aliphatic heterocycles. The van der Waals surface area contributed by atoms with Gasteiger partial charge in [-0.3, -0.25) is 0 Å². The summed E-state index contributed by atoms with van der Waals surface area (Å²) in [4.78, 5) is 5.16. The van der Waals surface area contributed by atoms with Gasteiger partial charge < -0.3 is 13.4 Å². The monoisotopic (exact) mass is 461 g/mol. The normalized spacial score (nSPS) is 12.6. The van der Waals surface area contributed by atoms with E-state index in [2.05, 4.69) is 101 Å². The van der Waals surface area contributed by atoms with Crippen LogP contribution in [0.1, 0.15) is 0 Å². The minimum atomic E-state index is 0.880. The molecule has 9 rings (SSSR count). The predicted octanol–water partition coefficient (Wildman–Crippen LogP) is 8.29. The Hall–Kier alpha value is -4.83. The summed E-state index contributed by atoms with van der Waals surface area (Å²) in [6, 6.07) is 34.3. The number of benzene rings is 5. The fourth-order valence-electron chi connectivity index (χ4n) is 6.36. The zero-order chi connectivity index (χ0) is 23.5. The van der Waals surface area contributed by atoms with Gasteiger partial charge in [-0.25, -0.2) is 4.98 Å². The third-order valence-electron chi connectivity index (χ3n) is 7.86. The van der Waals surface area contributed by atoms with Crippen LogP contribution in [0.2, 0.25) is 0 Å². The molecule has 0 aliphatic rings. The van der Waals surface area contributed by atoms with E-state index in [0.29, 0.717) is 0 Å². The number of rotatable bonds is 1. The summed E-state index contributed by atoms with van der Waals surface area (Å²) in [6.45, 7) is 0. The van der Waals surface area contributed by atoms with E-state index < -0.39 is 0 Å². The van der Waals surface area contributed by atoms with Gasteiger partial charge in [0.1, 0.15) is 17.0 Å². The van der Waals surface area contributed by atoms with Gasteiger partial charge in [-0.05, 0) is 30.3 Å². The summed E-state index contributed by atoms with van der Waals surface area (Å²) < 4.78 is 11.0. The van der Waals surface area contributed by atoms with Crippen LogP contribution in [0.15, 0.2) is 101 Å². The van der Waals surface area contributed by atoms with Crippen molar-refractivity contribution >= 4 is 71.1 Å². The molecule has 0 saturated heterocycles. The van der Waals surface area contributed by atoms with Gasteiger partial charge in [-0.1, -0.05) is 66.7 Å². The molecule has 9 aromatic rings. The minimum Gasteiger partial charge on any atom is -0.455 e. The first-order valence-corrected chi connectivity index (χ1v) is 12.2. The number of hydrogen-bond acceptors (Lipinski definition) is 2. The van der Waals surface area contributed by atoms with Crippen molar-refractivity contribution in [3.05, 3.63) is 97.1 Å². The fraction of sp³-hybridized carbons (Fsp3) is 0.0312. The maximum atomic E-state index is 6.37. The second kappa shape index (κ2) is 6.23. The van der Waals surface area contributed by atoms with Crippen LogP contribution in [0, 0.1) is 0 Å². The summed E-state index contributed by atoms with van der Waals surface area (Å²) in [7, 11) is 2.12. The first kappa shape index (κ1) is 18.5. The quantitative estimate of drug-likeness (QED) is 0.246. The Bertz CT molecular complexity index is 2330. The van der Waals surface area contributed by atoms with Gasteiger partial charge in [0.25, 0.3) is 0 Å². The second-order valence-corrected chi connectivity index (χ2v) is 9.66. The first-order valence-electron chi connectivity index (χ1n) is 12.2. The van der Waals surface area contributed by atoms with E-state index in [1.54, 1.807) is 0 Å². The Morgan fingerprint density at radius 1 is 0.583 bits per heavy atom. The average molecular weight is 462 g/mol. The summed E-state index contributed by atoms with van der Waals surface area (Å²) in [5, 5.41) is 7.36. The molecule has 4 heteroatoms. The molecule has 4 nitrogen and oxygen atoms in total. The van der Waals surface area contributed by atoms with Gasteiger partial charge in [0, 0.05) is 39.4 Å². The summed E-state index contributed by atoms with van der Waals surface area (Å²) in [5.41, 5.74) is 8.62. The molecule has 5 aromatic carbocycles. The van der Waals surface area contributed by atoms with Crippen LogP contribution in [-0.2, 0) is 7.05 Å². The number of aromatic nitrogens is 3. The highest BCUT2D eigenvalue weighted by atomic mass is 16.3. The second-order valence-electron chi connectivity index (χ2n) is 9.66. The molecule has 0 fully saturated rings. The number of fused-ring (bicyclic) bond motifs is 11. The number of hydrogen-bond donors (Lipinski definition) is 0. The molecule has 0 spiro atoms. The van der Waals surface area contributed by atoms with Crippen molar-refractivity contribution in [3.63, 3.8) is 0 Å². The van der Waals surface area contributed by atoms with E-state index >= 15 is 0 Å². The number of furan rings is 1. The highest BCUT2D eigenvalue weighted by Gasteiger charge is 2.23. The van der Waals surface area contributed by atoms with E-state index in [1.165, 1.54) is 38.1 Å². The smallest absolute Gasteiger partial charge is 0.146 e. The lowest BCUT2D eigenvalue weighted by molar-refractivity contribution is 0.669. The van der Waals surface area contributed by atoms with Crippen molar-refractivity contribution in [3.8, 4) is 11.4 Å². The van der Waals surface area contributed by atoms with Crippen molar-refractivity contribution in [2.45, 2.75) is 0 Å². The van der Waals surface area contributed by atoms with Crippen molar-refractivity contribution in [2.75, 3.05) is 0 Å². The van der Waals surface area contributed by atoms with Crippen LogP contribution in [0.25, 0.3) is 82.5 Å². The maximum Gasteiger partial charge on any atom is 0.146 e. The SMILES string of the molecule is Cn1c(-c2cccc3c2oc2ccccc23)nc2ccc3c4cccc5c6ccccc6n(c54)c3c21. The van der Waals surface area contributed by atoms with Crippen LogP contribution in [0.4, 0.5) is 0 Å². The molecule has 0 saturated carbocycles. The van der Waals surface area contributed by atoms with E-state index in [1.807, 2.05) is 12.1 Å². The van der Waals surface area contributed by atoms with Crippen LogP contribution in [-0.4, -0.2) is 14.0 Å². The van der Waals surface area contributed by atoms with Crippen molar-refractivity contribution < 1.29 is 4.42 Å². The number of imidazole rings is 1. The lowest BCUT2D eigenvalue weighted by Crippen LogP contribution is -1.94.